The highest BCUT2D eigenvalue weighted by atomic mass is 35.5. The lowest BCUT2D eigenvalue weighted by Crippen LogP contribution is -2.21. The fourth-order valence-electron chi connectivity index (χ4n) is 2.11. The molecule has 2 amide bonds. The summed E-state index contributed by atoms with van der Waals surface area (Å²) in [7, 11) is 0. The molecule has 0 heterocycles. The summed E-state index contributed by atoms with van der Waals surface area (Å²) >= 11 is 5.99. The van der Waals surface area contributed by atoms with E-state index in [1.807, 2.05) is 0 Å². The average molecular weight is 386 g/mol. The third kappa shape index (κ3) is 5.83. The highest BCUT2D eigenvalue weighted by Gasteiger charge is 2.12. The van der Waals surface area contributed by atoms with Crippen LogP contribution in [-0.2, 0) is 14.3 Å². The molecule has 2 N–H and O–H groups in total. The van der Waals surface area contributed by atoms with Gasteiger partial charge < -0.3 is 15.4 Å². The number of amides is 2. The van der Waals surface area contributed by atoms with E-state index in [-0.39, 0.29) is 12.0 Å². The van der Waals surface area contributed by atoms with Crippen LogP contribution in [0.4, 0.5) is 11.4 Å². The van der Waals surface area contributed by atoms with Crippen molar-refractivity contribution in [1.29, 1.82) is 5.26 Å². The Bertz CT molecular complexity index is 904. The van der Waals surface area contributed by atoms with Gasteiger partial charge in [-0.1, -0.05) is 17.7 Å². The SMILES string of the molecule is Cc1c(Cl)cccc1NC(=O)COC(=O)c1ccc(NC(=O)CC#N)cc1. The number of ether oxygens (including phenoxy) is 1. The summed E-state index contributed by atoms with van der Waals surface area (Å²) in [4.78, 5) is 35.3. The van der Waals surface area contributed by atoms with Crippen LogP contribution in [0.1, 0.15) is 22.3 Å². The topological polar surface area (TPSA) is 108 Å². The standard InChI is InChI=1S/C19H16ClN3O4/c1-12-15(20)3-2-4-16(12)23-18(25)11-27-19(26)13-5-7-14(8-6-13)22-17(24)9-10-21/h2-8H,9,11H2,1H3,(H,22,24)(H,23,25). The number of nitriles is 1. The van der Waals surface area contributed by atoms with E-state index in [2.05, 4.69) is 10.6 Å². The van der Waals surface area contributed by atoms with Crippen LogP contribution in [0.25, 0.3) is 0 Å². The molecule has 0 radical (unpaired) electrons. The monoisotopic (exact) mass is 385 g/mol. The Morgan fingerprint density at radius 2 is 1.78 bits per heavy atom. The largest absolute Gasteiger partial charge is 0.452 e. The molecule has 0 saturated carbocycles. The van der Waals surface area contributed by atoms with Gasteiger partial charge >= 0.3 is 5.97 Å². The summed E-state index contributed by atoms with van der Waals surface area (Å²) < 4.78 is 4.98. The molecule has 0 spiro atoms. The van der Waals surface area contributed by atoms with E-state index < -0.39 is 24.4 Å². The van der Waals surface area contributed by atoms with E-state index in [1.165, 1.54) is 24.3 Å². The molecular weight excluding hydrogens is 370 g/mol. The summed E-state index contributed by atoms with van der Waals surface area (Å²) in [5.74, 6) is -1.61. The van der Waals surface area contributed by atoms with Crippen molar-refractivity contribution in [3.8, 4) is 6.07 Å². The molecule has 7 nitrogen and oxygen atoms in total. The molecular formula is C19H16ClN3O4. The number of anilines is 2. The lowest BCUT2D eigenvalue weighted by atomic mass is 10.2. The van der Waals surface area contributed by atoms with E-state index in [9.17, 15) is 14.4 Å². The van der Waals surface area contributed by atoms with E-state index in [1.54, 1.807) is 31.2 Å². The molecule has 0 aliphatic heterocycles. The first-order valence-electron chi connectivity index (χ1n) is 7.89. The molecule has 0 aromatic heterocycles. The van der Waals surface area contributed by atoms with Crippen LogP contribution in [0.5, 0.6) is 0 Å². The van der Waals surface area contributed by atoms with Crippen molar-refractivity contribution in [1.82, 2.24) is 0 Å². The van der Waals surface area contributed by atoms with Gasteiger partial charge in [0.05, 0.1) is 11.6 Å². The summed E-state index contributed by atoms with van der Waals surface area (Å²) in [5.41, 5.74) is 1.93. The Morgan fingerprint density at radius 1 is 1.07 bits per heavy atom. The molecule has 0 unspecified atom stereocenters. The number of hydrogen-bond acceptors (Lipinski definition) is 5. The molecule has 0 aliphatic carbocycles. The van der Waals surface area contributed by atoms with E-state index >= 15 is 0 Å². The fourth-order valence-corrected chi connectivity index (χ4v) is 2.28. The van der Waals surface area contributed by atoms with Gasteiger partial charge in [-0.05, 0) is 48.9 Å². The van der Waals surface area contributed by atoms with Crippen LogP contribution < -0.4 is 10.6 Å². The van der Waals surface area contributed by atoms with Crippen LogP contribution in [-0.4, -0.2) is 24.4 Å². The molecule has 2 aromatic rings. The smallest absolute Gasteiger partial charge is 0.338 e. The number of rotatable bonds is 6. The van der Waals surface area contributed by atoms with Gasteiger partial charge in [-0.3, -0.25) is 9.59 Å². The zero-order valence-electron chi connectivity index (χ0n) is 14.4. The number of halogens is 1. The third-order valence-electron chi connectivity index (χ3n) is 3.52. The van der Waals surface area contributed by atoms with Crippen molar-refractivity contribution in [2.45, 2.75) is 13.3 Å². The molecule has 27 heavy (non-hydrogen) atoms. The first kappa shape index (κ1) is 19.9. The first-order chi connectivity index (χ1) is 12.9. The van der Waals surface area contributed by atoms with Crippen LogP contribution >= 0.6 is 11.6 Å². The second kappa shape index (κ2) is 9.36. The zero-order chi connectivity index (χ0) is 19.8. The van der Waals surface area contributed by atoms with E-state index in [0.29, 0.717) is 22.0 Å². The molecule has 138 valence electrons. The van der Waals surface area contributed by atoms with Crippen molar-refractivity contribution in [3.63, 3.8) is 0 Å². The first-order valence-corrected chi connectivity index (χ1v) is 8.27. The maximum Gasteiger partial charge on any atom is 0.338 e. The van der Waals surface area contributed by atoms with Crippen molar-refractivity contribution in [2.24, 2.45) is 0 Å². The number of carbonyl (C=O) groups excluding carboxylic acids is 3. The molecule has 0 aliphatic rings. The molecule has 0 atom stereocenters. The van der Waals surface area contributed by atoms with Gasteiger partial charge in [-0.15, -0.1) is 0 Å². The Balaban J connectivity index is 1.88. The van der Waals surface area contributed by atoms with Crippen molar-refractivity contribution >= 4 is 40.8 Å². The van der Waals surface area contributed by atoms with Crippen molar-refractivity contribution in [2.75, 3.05) is 17.2 Å². The van der Waals surface area contributed by atoms with Gasteiger partial charge in [0.2, 0.25) is 5.91 Å². The van der Waals surface area contributed by atoms with Crippen LogP contribution in [0.3, 0.4) is 0 Å². The molecule has 8 heteroatoms. The van der Waals surface area contributed by atoms with Crippen molar-refractivity contribution < 1.29 is 19.1 Å². The van der Waals surface area contributed by atoms with E-state index in [0.717, 1.165) is 0 Å². The lowest BCUT2D eigenvalue weighted by Gasteiger charge is -2.10. The highest BCUT2D eigenvalue weighted by molar-refractivity contribution is 6.31. The summed E-state index contributed by atoms with van der Waals surface area (Å²) in [6, 6.07) is 12.7. The molecule has 0 saturated heterocycles. The minimum atomic E-state index is -0.678. The van der Waals surface area contributed by atoms with Crippen molar-refractivity contribution in [3.05, 3.63) is 58.6 Å². The molecule has 0 fully saturated rings. The van der Waals surface area contributed by atoms with Gasteiger partial charge in [-0.25, -0.2) is 4.79 Å². The van der Waals surface area contributed by atoms with Gasteiger partial charge in [0.1, 0.15) is 6.42 Å². The lowest BCUT2D eigenvalue weighted by molar-refractivity contribution is -0.119. The number of benzene rings is 2. The van der Waals surface area contributed by atoms with Crippen LogP contribution in [0, 0.1) is 18.3 Å². The summed E-state index contributed by atoms with van der Waals surface area (Å²) in [6.45, 7) is 1.31. The normalized spacial score (nSPS) is 9.81. The maximum atomic E-state index is 12.0. The Kier molecular flexibility index (Phi) is 6.92. The van der Waals surface area contributed by atoms with Crippen LogP contribution in [0.2, 0.25) is 5.02 Å². The van der Waals surface area contributed by atoms with Gasteiger partial charge in [0.15, 0.2) is 6.61 Å². The Hall–Kier alpha value is -3.37. The molecule has 0 bridgehead atoms. The second-order valence-corrected chi connectivity index (χ2v) is 5.90. The van der Waals surface area contributed by atoms with Gasteiger partial charge in [0, 0.05) is 16.4 Å². The predicted octanol–water partition coefficient (Wildman–Crippen LogP) is 3.30. The Morgan fingerprint density at radius 3 is 2.44 bits per heavy atom. The third-order valence-corrected chi connectivity index (χ3v) is 3.93. The second-order valence-electron chi connectivity index (χ2n) is 5.50. The molecule has 2 aromatic carbocycles. The number of nitrogens with one attached hydrogen (secondary N) is 2. The number of hydrogen-bond donors (Lipinski definition) is 2. The zero-order valence-corrected chi connectivity index (χ0v) is 15.2. The van der Waals surface area contributed by atoms with Gasteiger partial charge in [-0.2, -0.15) is 5.26 Å². The molecule has 2 rings (SSSR count). The van der Waals surface area contributed by atoms with E-state index in [4.69, 9.17) is 21.6 Å². The average Bonchev–Trinajstić information content (AvgIpc) is 2.64. The maximum absolute atomic E-state index is 12.0. The highest BCUT2D eigenvalue weighted by Crippen LogP contribution is 2.22. The Labute approximate surface area is 160 Å². The van der Waals surface area contributed by atoms with Crippen LogP contribution in [0.15, 0.2) is 42.5 Å². The summed E-state index contributed by atoms with van der Waals surface area (Å²) in [5, 5.41) is 14.1. The number of esters is 1. The summed E-state index contributed by atoms with van der Waals surface area (Å²) in [6.07, 6.45) is -0.259. The minimum absolute atomic E-state index is 0.222. The predicted molar refractivity (Wildman–Crippen MR) is 100 cm³/mol. The van der Waals surface area contributed by atoms with Gasteiger partial charge in [0.25, 0.3) is 5.91 Å². The minimum Gasteiger partial charge on any atom is -0.452 e. The fraction of sp³-hybridized carbons (Fsp3) is 0.158. The quantitative estimate of drug-likeness (QED) is 0.741. The number of carbonyl (C=O) groups is 3. The number of nitrogens with zero attached hydrogens (tertiary/aromatic N) is 1.